The maximum atomic E-state index is 5.42. The van der Waals surface area contributed by atoms with E-state index >= 15 is 0 Å². The first-order valence-corrected chi connectivity index (χ1v) is 4.38. The summed E-state index contributed by atoms with van der Waals surface area (Å²) in [6.45, 7) is 11.8. The third kappa shape index (κ3) is 1.94. The van der Waals surface area contributed by atoms with Crippen molar-refractivity contribution < 1.29 is 4.74 Å². The van der Waals surface area contributed by atoms with Gasteiger partial charge in [0.15, 0.2) is 0 Å². The SMILES string of the molecule is CC(C)N1CCOCC1(C)C. The Labute approximate surface area is 69.5 Å². The first-order chi connectivity index (χ1) is 5.04. The summed E-state index contributed by atoms with van der Waals surface area (Å²) >= 11 is 0. The first kappa shape index (κ1) is 9.01. The van der Waals surface area contributed by atoms with Gasteiger partial charge in [-0.15, -0.1) is 0 Å². The predicted octanol–water partition coefficient (Wildman–Crippen LogP) is 1.51. The minimum Gasteiger partial charge on any atom is -0.378 e. The number of morpholine rings is 1. The van der Waals surface area contributed by atoms with Crippen molar-refractivity contribution in [1.29, 1.82) is 0 Å². The molecule has 0 unspecified atom stereocenters. The summed E-state index contributed by atoms with van der Waals surface area (Å²) < 4.78 is 5.42. The molecular formula is C9H19NO. The minimum absolute atomic E-state index is 0.229. The third-order valence-corrected chi connectivity index (χ3v) is 2.33. The Kier molecular flexibility index (Phi) is 2.55. The summed E-state index contributed by atoms with van der Waals surface area (Å²) in [6.07, 6.45) is 0. The molecule has 0 aromatic rings. The van der Waals surface area contributed by atoms with Crippen LogP contribution in [0, 0.1) is 0 Å². The second-order valence-electron chi connectivity index (χ2n) is 4.15. The van der Waals surface area contributed by atoms with E-state index in [9.17, 15) is 0 Å². The van der Waals surface area contributed by atoms with E-state index in [4.69, 9.17) is 4.74 Å². The highest BCUT2D eigenvalue weighted by Crippen LogP contribution is 2.20. The summed E-state index contributed by atoms with van der Waals surface area (Å²) in [5, 5.41) is 0. The zero-order valence-corrected chi connectivity index (χ0v) is 8.05. The Bertz CT molecular complexity index is 132. The van der Waals surface area contributed by atoms with Crippen molar-refractivity contribution in [3.05, 3.63) is 0 Å². The molecule has 0 N–H and O–H groups in total. The van der Waals surface area contributed by atoms with E-state index in [2.05, 4.69) is 32.6 Å². The second kappa shape index (κ2) is 3.11. The fraction of sp³-hybridized carbons (Fsp3) is 1.00. The van der Waals surface area contributed by atoms with Crippen molar-refractivity contribution >= 4 is 0 Å². The van der Waals surface area contributed by atoms with Crippen molar-refractivity contribution in [2.24, 2.45) is 0 Å². The van der Waals surface area contributed by atoms with Crippen LogP contribution in [0.3, 0.4) is 0 Å². The monoisotopic (exact) mass is 157 g/mol. The van der Waals surface area contributed by atoms with Crippen molar-refractivity contribution in [1.82, 2.24) is 4.90 Å². The predicted molar refractivity (Wildman–Crippen MR) is 46.7 cm³/mol. The van der Waals surface area contributed by atoms with E-state index in [-0.39, 0.29) is 5.54 Å². The van der Waals surface area contributed by atoms with Gasteiger partial charge in [-0.25, -0.2) is 0 Å². The van der Waals surface area contributed by atoms with Gasteiger partial charge in [-0.05, 0) is 27.7 Å². The van der Waals surface area contributed by atoms with Gasteiger partial charge in [0, 0.05) is 18.1 Å². The van der Waals surface area contributed by atoms with Gasteiger partial charge in [0.1, 0.15) is 0 Å². The van der Waals surface area contributed by atoms with E-state index in [0.29, 0.717) is 6.04 Å². The molecule has 0 radical (unpaired) electrons. The molecule has 0 amide bonds. The molecule has 66 valence electrons. The summed E-state index contributed by atoms with van der Waals surface area (Å²) in [5.41, 5.74) is 0.229. The molecule has 11 heavy (non-hydrogen) atoms. The lowest BCUT2D eigenvalue weighted by Gasteiger charge is -2.44. The van der Waals surface area contributed by atoms with Gasteiger partial charge >= 0.3 is 0 Å². The standard InChI is InChI=1S/C9H19NO/c1-8(2)10-5-6-11-7-9(10,3)4/h8H,5-7H2,1-4H3. The number of rotatable bonds is 1. The van der Waals surface area contributed by atoms with Crippen LogP contribution in [-0.4, -0.2) is 36.2 Å². The van der Waals surface area contributed by atoms with Crippen molar-refractivity contribution in [3.63, 3.8) is 0 Å². The van der Waals surface area contributed by atoms with Gasteiger partial charge < -0.3 is 4.74 Å². The molecule has 1 heterocycles. The van der Waals surface area contributed by atoms with Crippen LogP contribution in [0.15, 0.2) is 0 Å². The Morgan fingerprint density at radius 2 is 2.00 bits per heavy atom. The van der Waals surface area contributed by atoms with Crippen LogP contribution >= 0.6 is 0 Å². The fourth-order valence-corrected chi connectivity index (χ4v) is 1.83. The Morgan fingerprint density at radius 1 is 1.36 bits per heavy atom. The van der Waals surface area contributed by atoms with E-state index < -0.39 is 0 Å². The maximum absolute atomic E-state index is 5.42. The average molecular weight is 157 g/mol. The molecule has 0 spiro atoms. The van der Waals surface area contributed by atoms with Gasteiger partial charge in [0.25, 0.3) is 0 Å². The highest BCUT2D eigenvalue weighted by atomic mass is 16.5. The number of hydrogen-bond donors (Lipinski definition) is 0. The van der Waals surface area contributed by atoms with Crippen LogP contribution in [0.2, 0.25) is 0 Å². The van der Waals surface area contributed by atoms with E-state index in [1.54, 1.807) is 0 Å². The van der Waals surface area contributed by atoms with Crippen LogP contribution in [0.25, 0.3) is 0 Å². The van der Waals surface area contributed by atoms with E-state index in [0.717, 1.165) is 19.8 Å². The average Bonchev–Trinajstić information content (AvgIpc) is 1.85. The molecule has 1 aliphatic rings. The molecule has 1 fully saturated rings. The molecule has 0 bridgehead atoms. The normalized spacial score (nSPS) is 25.9. The quantitative estimate of drug-likeness (QED) is 0.572. The summed E-state index contributed by atoms with van der Waals surface area (Å²) in [6, 6.07) is 0.633. The van der Waals surface area contributed by atoms with Crippen molar-refractivity contribution in [2.45, 2.75) is 39.3 Å². The molecule has 1 aliphatic heterocycles. The topological polar surface area (TPSA) is 12.5 Å². The summed E-state index contributed by atoms with van der Waals surface area (Å²) in [4.78, 5) is 2.50. The molecule has 2 nitrogen and oxygen atoms in total. The molecular weight excluding hydrogens is 138 g/mol. The molecule has 0 aromatic heterocycles. The Hall–Kier alpha value is -0.0800. The molecule has 2 heteroatoms. The summed E-state index contributed by atoms with van der Waals surface area (Å²) in [5.74, 6) is 0. The molecule has 0 aliphatic carbocycles. The van der Waals surface area contributed by atoms with Gasteiger partial charge in [-0.2, -0.15) is 0 Å². The lowest BCUT2D eigenvalue weighted by molar-refractivity contribution is -0.0654. The second-order valence-corrected chi connectivity index (χ2v) is 4.15. The van der Waals surface area contributed by atoms with Crippen molar-refractivity contribution in [3.8, 4) is 0 Å². The smallest absolute Gasteiger partial charge is 0.0645 e. The van der Waals surface area contributed by atoms with Gasteiger partial charge in [-0.1, -0.05) is 0 Å². The van der Waals surface area contributed by atoms with E-state index in [1.165, 1.54) is 0 Å². The molecule has 0 saturated carbocycles. The Morgan fingerprint density at radius 3 is 2.36 bits per heavy atom. The largest absolute Gasteiger partial charge is 0.378 e. The van der Waals surface area contributed by atoms with Gasteiger partial charge in [0.2, 0.25) is 0 Å². The zero-order valence-electron chi connectivity index (χ0n) is 8.05. The van der Waals surface area contributed by atoms with Crippen LogP contribution < -0.4 is 0 Å². The van der Waals surface area contributed by atoms with Gasteiger partial charge in [0.05, 0.1) is 13.2 Å². The van der Waals surface area contributed by atoms with Crippen LogP contribution in [0.1, 0.15) is 27.7 Å². The number of ether oxygens (including phenoxy) is 1. The number of hydrogen-bond acceptors (Lipinski definition) is 2. The molecule has 1 rings (SSSR count). The van der Waals surface area contributed by atoms with E-state index in [1.807, 2.05) is 0 Å². The van der Waals surface area contributed by atoms with Crippen LogP contribution in [-0.2, 0) is 4.74 Å². The Balaban J connectivity index is 2.60. The van der Waals surface area contributed by atoms with Crippen LogP contribution in [0.5, 0.6) is 0 Å². The molecule has 1 saturated heterocycles. The lowest BCUT2D eigenvalue weighted by atomic mass is 10.0. The fourth-order valence-electron chi connectivity index (χ4n) is 1.83. The lowest BCUT2D eigenvalue weighted by Crippen LogP contribution is -2.55. The molecule has 0 aromatic carbocycles. The maximum Gasteiger partial charge on any atom is 0.0645 e. The highest BCUT2D eigenvalue weighted by Gasteiger charge is 2.31. The van der Waals surface area contributed by atoms with Gasteiger partial charge in [-0.3, -0.25) is 4.90 Å². The van der Waals surface area contributed by atoms with Crippen molar-refractivity contribution in [2.75, 3.05) is 19.8 Å². The highest BCUT2D eigenvalue weighted by molar-refractivity contribution is 4.86. The minimum atomic E-state index is 0.229. The molecule has 0 atom stereocenters. The zero-order chi connectivity index (χ0) is 8.48. The summed E-state index contributed by atoms with van der Waals surface area (Å²) in [7, 11) is 0. The first-order valence-electron chi connectivity index (χ1n) is 4.38. The number of nitrogens with zero attached hydrogens (tertiary/aromatic N) is 1. The van der Waals surface area contributed by atoms with Crippen LogP contribution in [0.4, 0.5) is 0 Å². The third-order valence-electron chi connectivity index (χ3n) is 2.33.